The minimum Gasteiger partial charge on any atom is -0.273 e. The van der Waals surface area contributed by atoms with Crippen molar-refractivity contribution < 1.29 is 18.0 Å². The zero-order valence-electron chi connectivity index (χ0n) is 9.42. The number of rotatable bonds is 6. The van der Waals surface area contributed by atoms with Crippen molar-refractivity contribution in [3.05, 3.63) is 30.1 Å². The minimum atomic E-state index is -2.98. The van der Waals surface area contributed by atoms with Crippen molar-refractivity contribution in [2.45, 2.75) is 6.42 Å². The fraction of sp³-hybridized carbons (Fsp3) is 0.400. The predicted molar refractivity (Wildman–Crippen MR) is 62.0 cm³/mol. The van der Waals surface area contributed by atoms with Crippen molar-refractivity contribution >= 4 is 15.7 Å². The molecule has 1 aromatic heterocycles. The summed E-state index contributed by atoms with van der Waals surface area (Å²) in [5.74, 6) is -0.368. The van der Waals surface area contributed by atoms with Gasteiger partial charge in [0.25, 0.3) is 5.91 Å². The summed E-state index contributed by atoms with van der Waals surface area (Å²) in [5.41, 5.74) is 2.60. The van der Waals surface area contributed by atoms with E-state index >= 15 is 0 Å². The lowest BCUT2D eigenvalue weighted by molar-refractivity contribution is 0.0316. The Kier molecular flexibility index (Phi) is 5.05. The SMILES string of the molecule is CS(=O)(=O)CCCONC(=O)c1cccnc1. The average molecular weight is 258 g/mol. The third-order valence-electron chi connectivity index (χ3n) is 1.85. The van der Waals surface area contributed by atoms with Crippen LogP contribution in [0.1, 0.15) is 16.8 Å². The lowest BCUT2D eigenvalue weighted by Gasteiger charge is -2.04. The van der Waals surface area contributed by atoms with E-state index in [1.807, 2.05) is 0 Å². The van der Waals surface area contributed by atoms with Crippen molar-refractivity contribution in [3.63, 3.8) is 0 Å². The number of carbonyl (C=O) groups excluding carboxylic acids is 1. The highest BCUT2D eigenvalue weighted by Crippen LogP contribution is 1.95. The maximum Gasteiger partial charge on any atom is 0.276 e. The number of sulfone groups is 1. The first kappa shape index (κ1) is 13.6. The van der Waals surface area contributed by atoms with Gasteiger partial charge >= 0.3 is 0 Å². The van der Waals surface area contributed by atoms with Gasteiger partial charge in [-0.05, 0) is 18.6 Å². The minimum absolute atomic E-state index is 0.0375. The fourth-order valence-corrected chi connectivity index (χ4v) is 1.71. The van der Waals surface area contributed by atoms with Crippen LogP contribution in [0.15, 0.2) is 24.5 Å². The number of hydrogen-bond donors (Lipinski definition) is 1. The molecule has 0 fully saturated rings. The Hall–Kier alpha value is -1.47. The fourth-order valence-electron chi connectivity index (χ4n) is 1.07. The number of nitrogens with zero attached hydrogens (tertiary/aromatic N) is 1. The van der Waals surface area contributed by atoms with Crippen LogP contribution < -0.4 is 5.48 Å². The van der Waals surface area contributed by atoms with Crippen LogP contribution in [0.3, 0.4) is 0 Å². The first-order valence-corrected chi connectivity index (χ1v) is 7.05. The van der Waals surface area contributed by atoms with Gasteiger partial charge in [0.05, 0.1) is 17.9 Å². The number of hydroxylamine groups is 1. The molecule has 0 aliphatic heterocycles. The molecular formula is C10H14N2O4S. The second-order valence-electron chi connectivity index (χ2n) is 3.50. The van der Waals surface area contributed by atoms with E-state index in [4.69, 9.17) is 4.84 Å². The van der Waals surface area contributed by atoms with Gasteiger partial charge in [-0.15, -0.1) is 0 Å². The van der Waals surface area contributed by atoms with Crippen molar-refractivity contribution in [2.75, 3.05) is 18.6 Å². The second-order valence-corrected chi connectivity index (χ2v) is 5.76. The first-order chi connectivity index (χ1) is 7.99. The standard InChI is InChI=1S/C10H14N2O4S/c1-17(14,15)7-3-6-16-12-10(13)9-4-2-5-11-8-9/h2,4-5,8H,3,6-7H2,1H3,(H,12,13). The van der Waals surface area contributed by atoms with Crippen molar-refractivity contribution in [1.82, 2.24) is 10.5 Å². The highest BCUT2D eigenvalue weighted by Gasteiger charge is 2.05. The lowest BCUT2D eigenvalue weighted by Crippen LogP contribution is -2.24. The van der Waals surface area contributed by atoms with Crippen LogP contribution in [0.2, 0.25) is 0 Å². The predicted octanol–water partition coefficient (Wildman–Crippen LogP) is 0.178. The Morgan fingerprint density at radius 2 is 2.29 bits per heavy atom. The van der Waals surface area contributed by atoms with Crippen LogP contribution in [0.4, 0.5) is 0 Å². The summed E-state index contributed by atoms with van der Waals surface area (Å²) >= 11 is 0. The molecule has 1 rings (SSSR count). The van der Waals surface area contributed by atoms with E-state index in [1.165, 1.54) is 6.20 Å². The van der Waals surface area contributed by atoms with Crippen molar-refractivity contribution in [1.29, 1.82) is 0 Å². The van der Waals surface area contributed by atoms with Crippen LogP contribution in [0.25, 0.3) is 0 Å². The molecule has 0 bridgehead atoms. The van der Waals surface area contributed by atoms with Crippen LogP contribution in [0, 0.1) is 0 Å². The molecule has 7 heteroatoms. The lowest BCUT2D eigenvalue weighted by atomic mass is 10.3. The smallest absolute Gasteiger partial charge is 0.273 e. The maximum atomic E-state index is 11.4. The quantitative estimate of drug-likeness (QED) is 0.581. The summed E-state index contributed by atoms with van der Waals surface area (Å²) in [4.78, 5) is 20.1. The Labute approximate surface area is 99.9 Å². The van der Waals surface area contributed by atoms with E-state index in [1.54, 1.807) is 18.3 Å². The third kappa shape index (κ3) is 5.98. The number of aromatic nitrogens is 1. The van der Waals surface area contributed by atoms with Crippen LogP contribution in [-0.2, 0) is 14.7 Å². The number of hydrogen-bond acceptors (Lipinski definition) is 5. The molecule has 0 saturated heterocycles. The highest BCUT2D eigenvalue weighted by atomic mass is 32.2. The molecule has 0 radical (unpaired) electrons. The summed E-state index contributed by atoms with van der Waals surface area (Å²) in [5, 5.41) is 0. The molecule has 6 nitrogen and oxygen atoms in total. The van der Waals surface area contributed by atoms with Gasteiger partial charge in [0.2, 0.25) is 0 Å². The number of pyridine rings is 1. The molecular weight excluding hydrogens is 244 g/mol. The molecule has 1 N–H and O–H groups in total. The molecule has 0 unspecified atom stereocenters. The van der Waals surface area contributed by atoms with Gasteiger partial charge in [-0.25, -0.2) is 13.9 Å². The molecule has 0 atom stereocenters. The van der Waals surface area contributed by atoms with Gasteiger partial charge in [-0.3, -0.25) is 14.6 Å². The zero-order valence-corrected chi connectivity index (χ0v) is 10.2. The average Bonchev–Trinajstić information content (AvgIpc) is 2.28. The Morgan fingerprint density at radius 1 is 1.53 bits per heavy atom. The summed E-state index contributed by atoms with van der Waals surface area (Å²) in [6, 6.07) is 3.24. The number of amides is 1. The molecule has 0 spiro atoms. The van der Waals surface area contributed by atoms with E-state index < -0.39 is 15.7 Å². The molecule has 17 heavy (non-hydrogen) atoms. The zero-order chi connectivity index (χ0) is 12.7. The van der Waals surface area contributed by atoms with Gasteiger partial charge in [0, 0.05) is 18.6 Å². The molecule has 94 valence electrons. The Morgan fingerprint density at radius 3 is 2.88 bits per heavy atom. The van der Waals surface area contributed by atoms with E-state index in [0.29, 0.717) is 12.0 Å². The van der Waals surface area contributed by atoms with Crippen LogP contribution >= 0.6 is 0 Å². The Bertz CT molecular complexity index is 458. The summed E-state index contributed by atoms with van der Waals surface area (Å²) in [7, 11) is -2.98. The van der Waals surface area contributed by atoms with Gasteiger partial charge < -0.3 is 0 Å². The first-order valence-electron chi connectivity index (χ1n) is 4.99. The van der Waals surface area contributed by atoms with E-state index in [-0.39, 0.29) is 12.4 Å². The summed E-state index contributed by atoms with van der Waals surface area (Å²) in [6.07, 6.45) is 4.46. The molecule has 0 saturated carbocycles. The Balaban J connectivity index is 2.22. The largest absolute Gasteiger partial charge is 0.276 e. The second kappa shape index (κ2) is 6.31. The maximum absolute atomic E-state index is 11.4. The third-order valence-corrected chi connectivity index (χ3v) is 2.88. The van der Waals surface area contributed by atoms with E-state index in [2.05, 4.69) is 10.5 Å². The van der Waals surface area contributed by atoms with E-state index in [9.17, 15) is 13.2 Å². The van der Waals surface area contributed by atoms with Gasteiger partial charge in [-0.1, -0.05) is 0 Å². The number of carbonyl (C=O) groups is 1. The molecule has 0 aliphatic carbocycles. The molecule has 1 aromatic rings. The monoisotopic (exact) mass is 258 g/mol. The normalized spacial score (nSPS) is 11.1. The molecule has 0 aromatic carbocycles. The molecule has 1 amide bonds. The molecule has 0 aliphatic rings. The topological polar surface area (TPSA) is 85.4 Å². The van der Waals surface area contributed by atoms with Crippen molar-refractivity contribution in [2.24, 2.45) is 0 Å². The van der Waals surface area contributed by atoms with Gasteiger partial charge in [0.1, 0.15) is 9.84 Å². The van der Waals surface area contributed by atoms with Gasteiger partial charge in [-0.2, -0.15) is 0 Å². The van der Waals surface area contributed by atoms with E-state index in [0.717, 1.165) is 6.26 Å². The summed E-state index contributed by atoms with van der Waals surface area (Å²) < 4.78 is 21.6. The highest BCUT2D eigenvalue weighted by molar-refractivity contribution is 7.90. The van der Waals surface area contributed by atoms with Crippen molar-refractivity contribution in [3.8, 4) is 0 Å². The molecule has 1 heterocycles. The summed E-state index contributed by atoms with van der Waals surface area (Å²) in [6.45, 7) is 0.152. The van der Waals surface area contributed by atoms with Crippen LogP contribution in [0.5, 0.6) is 0 Å². The van der Waals surface area contributed by atoms with Crippen LogP contribution in [-0.4, -0.2) is 37.9 Å². The number of nitrogens with one attached hydrogen (secondary N) is 1. The van der Waals surface area contributed by atoms with Gasteiger partial charge in [0.15, 0.2) is 0 Å².